The van der Waals surface area contributed by atoms with Crippen LogP contribution in [0.1, 0.15) is 10.4 Å². The van der Waals surface area contributed by atoms with Gasteiger partial charge in [-0.05, 0) is 18.2 Å². The molecule has 3 aromatic rings. The highest BCUT2D eigenvalue weighted by molar-refractivity contribution is 6.12. The van der Waals surface area contributed by atoms with Crippen molar-refractivity contribution in [3.05, 3.63) is 48.2 Å². The van der Waals surface area contributed by atoms with E-state index in [-0.39, 0.29) is 5.91 Å². The van der Waals surface area contributed by atoms with Gasteiger partial charge in [-0.3, -0.25) is 4.79 Å². The molecular weight excluding hydrogens is 360 g/mol. The summed E-state index contributed by atoms with van der Waals surface area (Å²) in [6.45, 7) is 1.32. The maximum Gasteiger partial charge on any atom is 0.256 e. The van der Waals surface area contributed by atoms with Crippen molar-refractivity contribution < 1.29 is 23.7 Å². The van der Waals surface area contributed by atoms with Crippen molar-refractivity contribution in [1.82, 2.24) is 4.57 Å². The molecule has 0 atom stereocenters. The lowest BCUT2D eigenvalue weighted by atomic mass is 10.1. The molecule has 0 fully saturated rings. The van der Waals surface area contributed by atoms with Gasteiger partial charge in [0.1, 0.15) is 0 Å². The topological polar surface area (TPSA) is 71.0 Å². The van der Waals surface area contributed by atoms with E-state index in [1.807, 2.05) is 24.4 Å². The molecule has 7 heteroatoms. The van der Waals surface area contributed by atoms with Crippen molar-refractivity contribution in [3.8, 4) is 17.2 Å². The van der Waals surface area contributed by atoms with E-state index in [9.17, 15) is 4.79 Å². The molecule has 1 heterocycles. The van der Waals surface area contributed by atoms with E-state index in [1.165, 1.54) is 21.3 Å². The van der Waals surface area contributed by atoms with Crippen LogP contribution >= 0.6 is 0 Å². The van der Waals surface area contributed by atoms with Gasteiger partial charge in [-0.2, -0.15) is 0 Å². The van der Waals surface area contributed by atoms with E-state index < -0.39 is 0 Å². The van der Waals surface area contributed by atoms with Crippen LogP contribution in [-0.2, 0) is 11.3 Å². The lowest BCUT2D eigenvalue weighted by Crippen LogP contribution is -2.13. The van der Waals surface area contributed by atoms with Gasteiger partial charge in [0.05, 0.1) is 27.9 Å². The largest absolute Gasteiger partial charge is 0.493 e. The zero-order chi connectivity index (χ0) is 20.1. The SMILES string of the molecule is COCCn1ccc2c(C(=O)Nc3cc(OC)c(OC)c(OC)c3)cccc21. The predicted octanol–water partition coefficient (Wildman–Crippen LogP) is 3.57. The third kappa shape index (κ3) is 3.75. The highest BCUT2D eigenvalue weighted by Gasteiger charge is 2.17. The highest BCUT2D eigenvalue weighted by atomic mass is 16.5. The van der Waals surface area contributed by atoms with Crippen LogP contribution in [-0.4, -0.2) is 45.5 Å². The van der Waals surface area contributed by atoms with Crippen molar-refractivity contribution in [1.29, 1.82) is 0 Å². The van der Waals surface area contributed by atoms with Crippen LogP contribution in [0.15, 0.2) is 42.6 Å². The first-order chi connectivity index (χ1) is 13.6. The summed E-state index contributed by atoms with van der Waals surface area (Å²) in [5.41, 5.74) is 2.12. The molecule has 0 aliphatic heterocycles. The monoisotopic (exact) mass is 384 g/mol. The van der Waals surface area contributed by atoms with Crippen LogP contribution in [0.3, 0.4) is 0 Å². The Bertz CT molecular complexity index is 955. The number of carbonyl (C=O) groups is 1. The van der Waals surface area contributed by atoms with E-state index in [4.69, 9.17) is 18.9 Å². The van der Waals surface area contributed by atoms with Gasteiger partial charge in [-0.15, -0.1) is 0 Å². The molecule has 1 aromatic heterocycles. The molecule has 0 radical (unpaired) electrons. The number of hydrogen-bond acceptors (Lipinski definition) is 5. The molecule has 7 nitrogen and oxygen atoms in total. The minimum Gasteiger partial charge on any atom is -0.493 e. The average molecular weight is 384 g/mol. The molecule has 148 valence electrons. The summed E-state index contributed by atoms with van der Waals surface area (Å²) in [6, 6.07) is 11.0. The summed E-state index contributed by atoms with van der Waals surface area (Å²) in [5.74, 6) is 1.20. The smallest absolute Gasteiger partial charge is 0.256 e. The van der Waals surface area contributed by atoms with E-state index in [2.05, 4.69) is 9.88 Å². The number of fused-ring (bicyclic) bond motifs is 1. The average Bonchev–Trinajstić information content (AvgIpc) is 3.14. The van der Waals surface area contributed by atoms with Crippen molar-refractivity contribution in [2.45, 2.75) is 6.54 Å². The fraction of sp³-hybridized carbons (Fsp3) is 0.286. The molecule has 0 saturated heterocycles. The summed E-state index contributed by atoms with van der Waals surface area (Å²) in [6.07, 6.45) is 1.96. The van der Waals surface area contributed by atoms with Crippen LogP contribution in [0.2, 0.25) is 0 Å². The number of methoxy groups -OCH3 is 4. The third-order valence-electron chi connectivity index (χ3n) is 4.52. The Morgan fingerprint density at radius 2 is 1.71 bits per heavy atom. The molecule has 0 aliphatic carbocycles. The molecule has 1 amide bonds. The van der Waals surface area contributed by atoms with E-state index in [1.54, 1.807) is 25.3 Å². The Balaban J connectivity index is 1.92. The molecule has 0 saturated carbocycles. The predicted molar refractivity (Wildman–Crippen MR) is 108 cm³/mol. The van der Waals surface area contributed by atoms with Crippen molar-refractivity contribution in [3.63, 3.8) is 0 Å². The fourth-order valence-electron chi connectivity index (χ4n) is 3.16. The van der Waals surface area contributed by atoms with Crippen molar-refractivity contribution in [2.24, 2.45) is 0 Å². The van der Waals surface area contributed by atoms with Gasteiger partial charge in [0.15, 0.2) is 11.5 Å². The molecule has 2 aromatic carbocycles. The van der Waals surface area contributed by atoms with Gasteiger partial charge in [0.25, 0.3) is 5.91 Å². The molecule has 1 N–H and O–H groups in total. The summed E-state index contributed by atoms with van der Waals surface area (Å²) in [5, 5.41) is 3.79. The number of ether oxygens (including phenoxy) is 4. The minimum absolute atomic E-state index is 0.218. The van der Waals surface area contributed by atoms with Gasteiger partial charge >= 0.3 is 0 Å². The summed E-state index contributed by atoms with van der Waals surface area (Å²) in [4.78, 5) is 12.9. The zero-order valence-electron chi connectivity index (χ0n) is 16.4. The number of hydrogen-bond donors (Lipinski definition) is 1. The van der Waals surface area contributed by atoms with Crippen LogP contribution in [0.4, 0.5) is 5.69 Å². The van der Waals surface area contributed by atoms with Gasteiger partial charge in [0, 0.05) is 54.1 Å². The maximum absolute atomic E-state index is 12.9. The first-order valence-electron chi connectivity index (χ1n) is 8.81. The van der Waals surface area contributed by atoms with E-state index >= 15 is 0 Å². The van der Waals surface area contributed by atoms with Crippen molar-refractivity contribution in [2.75, 3.05) is 40.4 Å². The first kappa shape index (κ1) is 19.6. The number of aromatic nitrogens is 1. The summed E-state index contributed by atoms with van der Waals surface area (Å²) < 4.78 is 23.2. The molecule has 0 spiro atoms. The summed E-state index contributed by atoms with van der Waals surface area (Å²) >= 11 is 0. The van der Waals surface area contributed by atoms with Gasteiger partial charge < -0.3 is 28.8 Å². The molecule has 0 aliphatic rings. The van der Waals surface area contributed by atoms with Gasteiger partial charge in [-0.1, -0.05) is 6.07 Å². The Morgan fingerprint density at radius 1 is 1.00 bits per heavy atom. The zero-order valence-corrected chi connectivity index (χ0v) is 16.4. The minimum atomic E-state index is -0.218. The number of nitrogens with one attached hydrogen (secondary N) is 1. The maximum atomic E-state index is 12.9. The van der Waals surface area contributed by atoms with Crippen molar-refractivity contribution >= 4 is 22.5 Å². The van der Waals surface area contributed by atoms with Crippen LogP contribution in [0, 0.1) is 0 Å². The number of rotatable bonds is 8. The third-order valence-corrected chi connectivity index (χ3v) is 4.52. The van der Waals surface area contributed by atoms with Gasteiger partial charge in [0.2, 0.25) is 5.75 Å². The Hall–Kier alpha value is -3.19. The molecule has 3 rings (SSSR count). The second kappa shape index (κ2) is 8.67. The highest BCUT2D eigenvalue weighted by Crippen LogP contribution is 2.40. The first-order valence-corrected chi connectivity index (χ1v) is 8.81. The van der Waals surface area contributed by atoms with Crippen LogP contribution < -0.4 is 19.5 Å². The second-order valence-corrected chi connectivity index (χ2v) is 6.11. The molecule has 0 unspecified atom stereocenters. The molecule has 0 bridgehead atoms. The Labute approximate surface area is 163 Å². The summed E-state index contributed by atoms with van der Waals surface area (Å²) in [7, 11) is 6.27. The molecular formula is C21H24N2O5. The normalized spacial score (nSPS) is 10.7. The fourth-order valence-corrected chi connectivity index (χ4v) is 3.16. The second-order valence-electron chi connectivity index (χ2n) is 6.11. The number of amides is 1. The number of nitrogens with zero attached hydrogens (tertiary/aromatic N) is 1. The standard InChI is InChI=1S/C21H24N2O5/c1-25-11-10-23-9-8-15-16(6-5-7-17(15)23)21(24)22-14-12-18(26-2)20(28-4)19(13-14)27-3/h5-9,12-13H,10-11H2,1-4H3,(H,22,24). The Morgan fingerprint density at radius 3 is 2.32 bits per heavy atom. The quantitative estimate of drug-likeness (QED) is 0.643. The Kier molecular flexibility index (Phi) is 6.06. The van der Waals surface area contributed by atoms with Crippen LogP contribution in [0.25, 0.3) is 10.9 Å². The van der Waals surface area contributed by atoms with Gasteiger partial charge in [-0.25, -0.2) is 0 Å². The molecule has 28 heavy (non-hydrogen) atoms. The number of carbonyl (C=O) groups excluding carboxylic acids is 1. The number of anilines is 1. The lowest BCUT2D eigenvalue weighted by molar-refractivity contribution is 0.102. The van der Waals surface area contributed by atoms with Crippen LogP contribution in [0.5, 0.6) is 17.2 Å². The number of benzene rings is 2. The lowest BCUT2D eigenvalue weighted by Gasteiger charge is -2.15. The van der Waals surface area contributed by atoms with E-state index in [0.29, 0.717) is 35.1 Å². The van der Waals surface area contributed by atoms with E-state index in [0.717, 1.165) is 17.4 Å².